The molecule has 1 atom stereocenters. The summed E-state index contributed by atoms with van der Waals surface area (Å²) in [5, 5.41) is 0. The molecule has 0 spiro atoms. The minimum Gasteiger partial charge on any atom is -0.484 e. The first-order chi connectivity index (χ1) is 19.7. The number of nitrogens with zero attached hydrogens (tertiary/aromatic N) is 3. The van der Waals surface area contributed by atoms with Gasteiger partial charge in [0.15, 0.2) is 6.61 Å². The zero-order valence-corrected chi connectivity index (χ0v) is 22.2. The van der Waals surface area contributed by atoms with Gasteiger partial charge in [-0.25, -0.2) is 0 Å². The predicted molar refractivity (Wildman–Crippen MR) is 154 cm³/mol. The predicted octanol–water partition coefficient (Wildman–Crippen LogP) is 5.29. The maximum absolute atomic E-state index is 14.0. The SMILES string of the molecule is O=C(COc1ccc([C@H]2N(Cc3ccccc3)c3ccccc3C(=O)N2c2ccccc2)cc1)N1CCOCC1. The monoisotopic (exact) mass is 533 g/mol. The number of carbonyl (C=O) groups excluding carboxylic acids is 2. The molecule has 7 heteroatoms. The summed E-state index contributed by atoms with van der Waals surface area (Å²) >= 11 is 0. The van der Waals surface area contributed by atoms with Gasteiger partial charge in [0.1, 0.15) is 11.9 Å². The van der Waals surface area contributed by atoms with Gasteiger partial charge in [-0.1, -0.05) is 72.8 Å². The third-order valence-electron chi connectivity index (χ3n) is 7.34. The quantitative estimate of drug-likeness (QED) is 0.323. The van der Waals surface area contributed by atoms with Crippen LogP contribution < -0.4 is 14.5 Å². The summed E-state index contributed by atoms with van der Waals surface area (Å²) in [6.07, 6.45) is -0.394. The zero-order valence-electron chi connectivity index (χ0n) is 22.2. The molecule has 202 valence electrons. The lowest BCUT2D eigenvalue weighted by molar-refractivity contribution is -0.137. The number of benzene rings is 4. The molecular weight excluding hydrogens is 502 g/mol. The smallest absolute Gasteiger partial charge is 0.262 e. The topological polar surface area (TPSA) is 62.3 Å². The van der Waals surface area contributed by atoms with Gasteiger partial charge in [0, 0.05) is 25.3 Å². The van der Waals surface area contributed by atoms with Crippen molar-refractivity contribution in [3.8, 4) is 5.75 Å². The van der Waals surface area contributed by atoms with Gasteiger partial charge in [-0.05, 0) is 47.5 Å². The number of fused-ring (bicyclic) bond motifs is 1. The average Bonchev–Trinajstić information content (AvgIpc) is 3.03. The van der Waals surface area contributed by atoms with Crippen LogP contribution in [-0.2, 0) is 16.1 Å². The number of amides is 2. The second kappa shape index (κ2) is 11.6. The van der Waals surface area contributed by atoms with Crippen molar-refractivity contribution in [3.63, 3.8) is 0 Å². The number of rotatable bonds is 7. The first-order valence-corrected chi connectivity index (χ1v) is 13.6. The molecule has 0 bridgehead atoms. The van der Waals surface area contributed by atoms with Crippen LogP contribution in [0.4, 0.5) is 11.4 Å². The summed E-state index contributed by atoms with van der Waals surface area (Å²) in [4.78, 5) is 32.5. The van der Waals surface area contributed by atoms with Crippen molar-refractivity contribution in [2.75, 3.05) is 42.7 Å². The van der Waals surface area contributed by atoms with E-state index in [0.29, 0.717) is 44.2 Å². The minimum absolute atomic E-state index is 0.0229. The number of anilines is 2. The first-order valence-electron chi connectivity index (χ1n) is 13.6. The second-order valence-electron chi connectivity index (χ2n) is 9.87. The number of para-hydroxylation sites is 2. The Bertz CT molecular complexity index is 1450. The highest BCUT2D eigenvalue weighted by Gasteiger charge is 2.39. The van der Waals surface area contributed by atoms with E-state index in [1.54, 1.807) is 4.90 Å². The molecule has 40 heavy (non-hydrogen) atoms. The molecule has 0 unspecified atom stereocenters. The zero-order chi connectivity index (χ0) is 27.3. The van der Waals surface area contributed by atoms with E-state index in [2.05, 4.69) is 17.0 Å². The molecule has 0 aliphatic carbocycles. The van der Waals surface area contributed by atoms with E-state index in [-0.39, 0.29) is 18.4 Å². The van der Waals surface area contributed by atoms with E-state index >= 15 is 0 Å². The molecule has 0 N–H and O–H groups in total. The average molecular weight is 534 g/mol. The van der Waals surface area contributed by atoms with Crippen LogP contribution in [0.1, 0.15) is 27.7 Å². The van der Waals surface area contributed by atoms with Gasteiger partial charge in [0.2, 0.25) is 0 Å². The van der Waals surface area contributed by atoms with Gasteiger partial charge >= 0.3 is 0 Å². The lowest BCUT2D eigenvalue weighted by Gasteiger charge is -2.46. The fourth-order valence-electron chi connectivity index (χ4n) is 5.33. The van der Waals surface area contributed by atoms with E-state index in [1.807, 2.05) is 102 Å². The standard InChI is InChI=1S/C33H31N3O4/c37-31(34-19-21-39-22-20-34)24-40-28-17-15-26(16-18-28)32-35(23-25-9-3-1-4-10-25)30-14-8-7-13-29(30)33(38)36(32)27-11-5-2-6-12-27/h1-18,32H,19-24H2/t32-/m0/s1. The van der Waals surface area contributed by atoms with Crippen LogP contribution in [-0.4, -0.2) is 49.6 Å². The van der Waals surface area contributed by atoms with E-state index in [9.17, 15) is 9.59 Å². The molecule has 1 fully saturated rings. The molecule has 6 rings (SSSR count). The summed E-state index contributed by atoms with van der Waals surface area (Å²) in [5.74, 6) is 0.507. The number of ether oxygens (including phenoxy) is 2. The molecule has 2 heterocycles. The molecule has 2 amide bonds. The molecule has 0 radical (unpaired) electrons. The van der Waals surface area contributed by atoms with Gasteiger partial charge < -0.3 is 19.3 Å². The lowest BCUT2D eigenvalue weighted by atomic mass is 9.99. The van der Waals surface area contributed by atoms with E-state index in [1.165, 1.54) is 0 Å². The van der Waals surface area contributed by atoms with Crippen LogP contribution in [0.2, 0.25) is 0 Å². The Balaban J connectivity index is 1.34. The molecule has 2 aliphatic rings. The minimum atomic E-state index is -0.394. The number of hydrogen-bond acceptors (Lipinski definition) is 5. The fourth-order valence-corrected chi connectivity index (χ4v) is 5.33. The molecule has 2 aliphatic heterocycles. The van der Waals surface area contributed by atoms with Crippen LogP contribution in [0.15, 0.2) is 109 Å². The Morgan fingerprint density at radius 1 is 0.800 bits per heavy atom. The van der Waals surface area contributed by atoms with Gasteiger partial charge in [-0.3, -0.25) is 14.5 Å². The maximum atomic E-state index is 14.0. The highest BCUT2D eigenvalue weighted by molar-refractivity contribution is 6.12. The molecule has 7 nitrogen and oxygen atoms in total. The van der Waals surface area contributed by atoms with Gasteiger partial charge in [0.05, 0.1) is 24.5 Å². The van der Waals surface area contributed by atoms with Crippen LogP contribution in [0, 0.1) is 0 Å². The van der Waals surface area contributed by atoms with Crippen molar-refractivity contribution >= 4 is 23.2 Å². The largest absolute Gasteiger partial charge is 0.484 e. The van der Waals surface area contributed by atoms with Crippen molar-refractivity contribution in [1.29, 1.82) is 0 Å². The van der Waals surface area contributed by atoms with Crippen molar-refractivity contribution in [2.45, 2.75) is 12.7 Å². The summed E-state index contributed by atoms with van der Waals surface area (Å²) in [5.41, 5.74) is 4.47. The summed E-state index contributed by atoms with van der Waals surface area (Å²) in [6, 6.07) is 35.6. The van der Waals surface area contributed by atoms with E-state index in [0.717, 1.165) is 22.5 Å². The van der Waals surface area contributed by atoms with Gasteiger partial charge in [0.25, 0.3) is 11.8 Å². The highest BCUT2D eigenvalue weighted by atomic mass is 16.5. The molecule has 4 aromatic rings. The Morgan fingerprint density at radius 2 is 1.45 bits per heavy atom. The fraction of sp³-hybridized carbons (Fsp3) is 0.212. The van der Waals surface area contributed by atoms with Crippen LogP contribution in [0.5, 0.6) is 5.75 Å². The number of morpholine rings is 1. The molecular formula is C33H31N3O4. The lowest BCUT2D eigenvalue weighted by Crippen LogP contribution is -2.49. The van der Waals surface area contributed by atoms with Crippen molar-refractivity contribution in [3.05, 3.63) is 126 Å². The third-order valence-corrected chi connectivity index (χ3v) is 7.34. The van der Waals surface area contributed by atoms with Crippen LogP contribution >= 0.6 is 0 Å². The van der Waals surface area contributed by atoms with E-state index < -0.39 is 6.17 Å². The van der Waals surface area contributed by atoms with Crippen molar-refractivity contribution in [2.24, 2.45) is 0 Å². The molecule has 0 aromatic heterocycles. The van der Waals surface area contributed by atoms with Crippen LogP contribution in [0.3, 0.4) is 0 Å². The molecule has 1 saturated heterocycles. The molecule has 4 aromatic carbocycles. The highest BCUT2D eigenvalue weighted by Crippen LogP contribution is 2.42. The van der Waals surface area contributed by atoms with Gasteiger partial charge in [-0.15, -0.1) is 0 Å². The third kappa shape index (κ3) is 5.28. The Labute approximate surface area is 234 Å². The number of carbonyl (C=O) groups is 2. The summed E-state index contributed by atoms with van der Waals surface area (Å²) in [7, 11) is 0. The maximum Gasteiger partial charge on any atom is 0.262 e. The van der Waals surface area contributed by atoms with E-state index in [4.69, 9.17) is 9.47 Å². The first kappa shape index (κ1) is 25.6. The summed E-state index contributed by atoms with van der Waals surface area (Å²) in [6.45, 7) is 2.88. The normalized spacial score (nSPS) is 16.9. The van der Waals surface area contributed by atoms with Crippen molar-refractivity contribution in [1.82, 2.24) is 4.90 Å². The Morgan fingerprint density at radius 3 is 2.17 bits per heavy atom. The Hall–Kier alpha value is -4.62. The molecule has 0 saturated carbocycles. The second-order valence-corrected chi connectivity index (χ2v) is 9.87. The summed E-state index contributed by atoms with van der Waals surface area (Å²) < 4.78 is 11.2. The van der Waals surface area contributed by atoms with Crippen molar-refractivity contribution < 1.29 is 19.1 Å². The number of hydrogen-bond donors (Lipinski definition) is 0. The Kier molecular flexibility index (Phi) is 7.46. The van der Waals surface area contributed by atoms with Crippen LogP contribution in [0.25, 0.3) is 0 Å². The van der Waals surface area contributed by atoms with Gasteiger partial charge in [-0.2, -0.15) is 0 Å².